The van der Waals surface area contributed by atoms with Gasteiger partial charge >= 0.3 is 11.8 Å². The van der Waals surface area contributed by atoms with E-state index in [0.29, 0.717) is 22.7 Å². The monoisotopic (exact) mass is 341 g/mol. The molecule has 0 bridgehead atoms. The molecule has 0 aliphatic heterocycles. The number of hydrogen-bond donors (Lipinski definition) is 2. The molecule has 0 aromatic heterocycles. The number of carbonyl (C=O) groups is 2. The van der Waals surface area contributed by atoms with Gasteiger partial charge in [-0.05, 0) is 36.8 Å². The van der Waals surface area contributed by atoms with Crippen LogP contribution in [0.25, 0.3) is 0 Å². The normalized spacial score (nSPS) is 10.4. The van der Waals surface area contributed by atoms with Crippen LogP contribution in [-0.4, -0.2) is 32.2 Å². The summed E-state index contributed by atoms with van der Waals surface area (Å²) in [7, 11) is 3.06. The molecule has 25 heavy (non-hydrogen) atoms. The highest BCUT2D eigenvalue weighted by Crippen LogP contribution is 2.22. The first-order valence-corrected chi connectivity index (χ1v) is 7.47. The molecule has 2 amide bonds. The number of benzene rings is 2. The van der Waals surface area contributed by atoms with Gasteiger partial charge in [-0.15, -0.1) is 0 Å². The Morgan fingerprint density at radius 1 is 1.04 bits per heavy atom. The Kier molecular flexibility index (Phi) is 6.11. The molecule has 7 heteroatoms. The Morgan fingerprint density at radius 2 is 1.80 bits per heavy atom. The maximum Gasteiger partial charge on any atom is 0.329 e. The Hall–Kier alpha value is -3.35. The van der Waals surface area contributed by atoms with Crippen LogP contribution in [0.15, 0.2) is 47.6 Å². The molecular weight excluding hydrogens is 322 g/mol. The lowest BCUT2D eigenvalue weighted by molar-refractivity contribution is -0.136. The van der Waals surface area contributed by atoms with Crippen LogP contribution in [0, 0.1) is 6.92 Å². The van der Waals surface area contributed by atoms with Gasteiger partial charge in [0.05, 0.1) is 20.4 Å². The van der Waals surface area contributed by atoms with Crippen molar-refractivity contribution < 1.29 is 19.1 Å². The summed E-state index contributed by atoms with van der Waals surface area (Å²) in [4.78, 5) is 23.7. The summed E-state index contributed by atoms with van der Waals surface area (Å²) in [6.45, 7) is 1.83. The smallest absolute Gasteiger partial charge is 0.329 e. The number of aryl methyl sites for hydroxylation is 1. The predicted octanol–water partition coefficient (Wildman–Crippen LogP) is 2.10. The van der Waals surface area contributed by atoms with Gasteiger partial charge in [0.25, 0.3) is 0 Å². The number of hydrazone groups is 1. The molecule has 0 spiro atoms. The Balaban J connectivity index is 2.00. The molecule has 2 aromatic rings. The third-order valence-corrected chi connectivity index (χ3v) is 3.41. The lowest BCUT2D eigenvalue weighted by atomic mass is 10.2. The van der Waals surface area contributed by atoms with Crippen molar-refractivity contribution in [1.29, 1.82) is 0 Å². The fourth-order valence-electron chi connectivity index (χ4n) is 2.04. The minimum absolute atomic E-state index is 0.558. The summed E-state index contributed by atoms with van der Waals surface area (Å²) in [5, 5.41) is 6.32. The molecule has 0 atom stereocenters. The lowest BCUT2D eigenvalue weighted by Gasteiger charge is -2.07. The summed E-state index contributed by atoms with van der Waals surface area (Å²) in [6, 6.07) is 12.3. The SMILES string of the molecule is COc1ccc(OC)c(/C=N/NC(=O)C(=O)Nc2ccccc2C)c1. The number of rotatable bonds is 5. The minimum Gasteiger partial charge on any atom is -0.497 e. The van der Waals surface area contributed by atoms with Gasteiger partial charge in [-0.3, -0.25) is 9.59 Å². The van der Waals surface area contributed by atoms with E-state index >= 15 is 0 Å². The van der Waals surface area contributed by atoms with E-state index in [2.05, 4.69) is 15.8 Å². The first-order valence-electron chi connectivity index (χ1n) is 7.47. The Bertz CT molecular complexity index is 803. The summed E-state index contributed by atoms with van der Waals surface area (Å²) in [6.07, 6.45) is 1.38. The molecule has 130 valence electrons. The highest BCUT2D eigenvalue weighted by atomic mass is 16.5. The molecule has 0 heterocycles. The van der Waals surface area contributed by atoms with Crippen LogP contribution >= 0.6 is 0 Å². The number of nitrogens with one attached hydrogen (secondary N) is 2. The van der Waals surface area contributed by atoms with E-state index in [1.807, 2.05) is 19.1 Å². The molecule has 0 aliphatic carbocycles. The fourth-order valence-corrected chi connectivity index (χ4v) is 2.04. The third kappa shape index (κ3) is 4.81. The zero-order valence-electron chi connectivity index (χ0n) is 14.2. The van der Waals surface area contributed by atoms with Crippen LogP contribution < -0.4 is 20.2 Å². The van der Waals surface area contributed by atoms with Crippen molar-refractivity contribution in [2.75, 3.05) is 19.5 Å². The van der Waals surface area contributed by atoms with E-state index in [4.69, 9.17) is 9.47 Å². The van der Waals surface area contributed by atoms with Gasteiger partial charge in [0, 0.05) is 11.3 Å². The van der Waals surface area contributed by atoms with Crippen LogP contribution in [0.4, 0.5) is 5.69 Å². The Morgan fingerprint density at radius 3 is 2.48 bits per heavy atom. The molecular formula is C18H19N3O4. The maximum absolute atomic E-state index is 11.9. The van der Waals surface area contributed by atoms with Crippen molar-refractivity contribution in [3.05, 3.63) is 53.6 Å². The Labute approximate surface area is 145 Å². The van der Waals surface area contributed by atoms with Crippen molar-refractivity contribution in [2.24, 2.45) is 5.10 Å². The van der Waals surface area contributed by atoms with E-state index in [1.165, 1.54) is 13.3 Å². The molecule has 0 radical (unpaired) electrons. The van der Waals surface area contributed by atoms with Gasteiger partial charge in [0.1, 0.15) is 11.5 Å². The summed E-state index contributed by atoms with van der Waals surface area (Å²) in [5.41, 5.74) is 4.21. The molecule has 2 aromatic carbocycles. The number of hydrogen-bond acceptors (Lipinski definition) is 5. The summed E-state index contributed by atoms with van der Waals surface area (Å²) in [5.74, 6) is -0.501. The highest BCUT2D eigenvalue weighted by molar-refractivity contribution is 6.39. The number of nitrogens with zero attached hydrogens (tertiary/aromatic N) is 1. The van der Waals surface area contributed by atoms with E-state index in [1.54, 1.807) is 37.4 Å². The third-order valence-electron chi connectivity index (χ3n) is 3.41. The largest absolute Gasteiger partial charge is 0.497 e. The minimum atomic E-state index is -0.874. The van der Waals surface area contributed by atoms with E-state index < -0.39 is 11.8 Å². The average molecular weight is 341 g/mol. The number of methoxy groups -OCH3 is 2. The first kappa shape index (κ1) is 18.0. The molecule has 0 saturated heterocycles. The number of ether oxygens (including phenoxy) is 2. The number of anilines is 1. The van der Waals surface area contributed by atoms with E-state index in [0.717, 1.165) is 5.56 Å². The second-order valence-electron chi connectivity index (χ2n) is 5.08. The van der Waals surface area contributed by atoms with Crippen molar-refractivity contribution in [3.8, 4) is 11.5 Å². The second-order valence-corrected chi connectivity index (χ2v) is 5.08. The number of para-hydroxylation sites is 1. The quantitative estimate of drug-likeness (QED) is 0.495. The van der Waals surface area contributed by atoms with Crippen LogP contribution in [-0.2, 0) is 9.59 Å². The van der Waals surface area contributed by atoms with Crippen molar-refractivity contribution >= 4 is 23.7 Å². The lowest BCUT2D eigenvalue weighted by Crippen LogP contribution is -2.32. The molecule has 2 N–H and O–H groups in total. The first-order chi connectivity index (χ1) is 12.0. The highest BCUT2D eigenvalue weighted by Gasteiger charge is 2.13. The van der Waals surface area contributed by atoms with Gasteiger partial charge in [0.15, 0.2) is 0 Å². The van der Waals surface area contributed by atoms with Gasteiger partial charge in [-0.2, -0.15) is 5.10 Å². The van der Waals surface area contributed by atoms with Gasteiger partial charge in [-0.1, -0.05) is 18.2 Å². The average Bonchev–Trinajstić information content (AvgIpc) is 2.63. The summed E-state index contributed by atoms with van der Waals surface area (Å²) >= 11 is 0. The molecule has 0 unspecified atom stereocenters. The topological polar surface area (TPSA) is 89.0 Å². The zero-order chi connectivity index (χ0) is 18.2. The predicted molar refractivity (Wildman–Crippen MR) is 95.1 cm³/mol. The zero-order valence-corrected chi connectivity index (χ0v) is 14.2. The second kappa shape index (κ2) is 8.49. The van der Waals surface area contributed by atoms with Crippen LogP contribution in [0.1, 0.15) is 11.1 Å². The molecule has 2 rings (SSSR count). The van der Waals surface area contributed by atoms with Gasteiger partial charge < -0.3 is 14.8 Å². The van der Waals surface area contributed by atoms with Crippen molar-refractivity contribution in [1.82, 2.24) is 5.43 Å². The van der Waals surface area contributed by atoms with Gasteiger partial charge in [0.2, 0.25) is 0 Å². The number of carbonyl (C=O) groups excluding carboxylic acids is 2. The van der Waals surface area contributed by atoms with E-state index in [9.17, 15) is 9.59 Å². The summed E-state index contributed by atoms with van der Waals surface area (Å²) < 4.78 is 10.3. The van der Waals surface area contributed by atoms with Gasteiger partial charge in [-0.25, -0.2) is 5.43 Å². The molecule has 7 nitrogen and oxygen atoms in total. The number of amides is 2. The van der Waals surface area contributed by atoms with Crippen LogP contribution in [0.3, 0.4) is 0 Å². The fraction of sp³-hybridized carbons (Fsp3) is 0.167. The van der Waals surface area contributed by atoms with Crippen molar-refractivity contribution in [3.63, 3.8) is 0 Å². The standard InChI is InChI=1S/C18H19N3O4/c1-12-6-4-5-7-15(12)20-17(22)18(23)21-19-11-13-10-14(24-2)8-9-16(13)25-3/h4-11H,1-3H3,(H,20,22)(H,21,23)/b19-11+. The van der Waals surface area contributed by atoms with Crippen LogP contribution in [0.5, 0.6) is 11.5 Å². The molecule has 0 saturated carbocycles. The maximum atomic E-state index is 11.9. The van der Waals surface area contributed by atoms with Crippen LogP contribution in [0.2, 0.25) is 0 Å². The molecule has 0 aliphatic rings. The molecule has 0 fully saturated rings. The van der Waals surface area contributed by atoms with E-state index in [-0.39, 0.29) is 0 Å². The van der Waals surface area contributed by atoms with Crippen molar-refractivity contribution in [2.45, 2.75) is 6.92 Å².